The first-order valence-corrected chi connectivity index (χ1v) is 8.15. The Labute approximate surface area is 144 Å². The van der Waals surface area contributed by atoms with Crippen LogP contribution in [0.15, 0.2) is 85.2 Å². The molecule has 0 radical (unpaired) electrons. The Morgan fingerprint density at radius 2 is 1.48 bits per heavy atom. The van der Waals surface area contributed by atoms with Crippen molar-refractivity contribution in [1.29, 1.82) is 0 Å². The highest BCUT2D eigenvalue weighted by Gasteiger charge is 2.17. The minimum absolute atomic E-state index is 0.844. The van der Waals surface area contributed by atoms with Gasteiger partial charge < -0.3 is 0 Å². The van der Waals surface area contributed by atoms with Gasteiger partial charge in [0.15, 0.2) is 5.65 Å². The van der Waals surface area contributed by atoms with Crippen LogP contribution in [0.2, 0.25) is 0 Å². The van der Waals surface area contributed by atoms with E-state index in [-0.39, 0.29) is 0 Å². The second kappa shape index (κ2) is 5.53. The predicted molar refractivity (Wildman–Crippen MR) is 99.6 cm³/mol. The number of rotatable bonds is 2. The van der Waals surface area contributed by atoms with Gasteiger partial charge in [-0.25, -0.2) is 9.97 Å². The van der Waals surface area contributed by atoms with Crippen molar-refractivity contribution in [1.82, 2.24) is 19.5 Å². The van der Waals surface area contributed by atoms with E-state index in [1.807, 2.05) is 48.7 Å². The Morgan fingerprint density at radius 1 is 0.680 bits per heavy atom. The van der Waals surface area contributed by atoms with Gasteiger partial charge in [-0.3, -0.25) is 9.55 Å². The quantitative estimate of drug-likeness (QED) is 0.476. The Bertz CT molecular complexity index is 1190. The smallest absolute Gasteiger partial charge is 0.164 e. The number of benzene rings is 2. The SMILES string of the molecule is c1ccc(-n2c(-c3cccc4cccnc34)nc3cccnc32)cc1. The maximum absolute atomic E-state index is 4.87. The standard InChI is InChI=1S/C21H14N4/c1-2-9-16(10-3-1)25-20(24-18-12-6-14-23-21(18)25)17-11-4-7-15-8-5-13-22-19(15)17/h1-14H. The monoisotopic (exact) mass is 322 g/mol. The van der Waals surface area contributed by atoms with E-state index < -0.39 is 0 Å². The molecule has 3 heterocycles. The maximum atomic E-state index is 4.87. The molecule has 0 unspecified atom stereocenters. The highest BCUT2D eigenvalue weighted by atomic mass is 15.1. The summed E-state index contributed by atoms with van der Waals surface area (Å²) in [5.41, 5.74) is 4.69. The first-order valence-electron chi connectivity index (χ1n) is 8.15. The fourth-order valence-corrected chi connectivity index (χ4v) is 3.20. The van der Waals surface area contributed by atoms with Crippen LogP contribution in [-0.2, 0) is 0 Å². The van der Waals surface area contributed by atoms with Crippen molar-refractivity contribution < 1.29 is 0 Å². The van der Waals surface area contributed by atoms with Crippen molar-refractivity contribution in [3.63, 3.8) is 0 Å². The van der Waals surface area contributed by atoms with Crippen LogP contribution in [0.5, 0.6) is 0 Å². The fourth-order valence-electron chi connectivity index (χ4n) is 3.20. The van der Waals surface area contributed by atoms with Crippen LogP contribution in [0, 0.1) is 0 Å². The van der Waals surface area contributed by atoms with E-state index in [0.29, 0.717) is 0 Å². The summed E-state index contributed by atoms with van der Waals surface area (Å²) in [6.07, 6.45) is 3.62. The van der Waals surface area contributed by atoms with E-state index in [2.05, 4.69) is 44.9 Å². The van der Waals surface area contributed by atoms with Crippen molar-refractivity contribution in [2.45, 2.75) is 0 Å². The number of nitrogens with zero attached hydrogens (tertiary/aromatic N) is 4. The molecule has 118 valence electrons. The molecule has 4 nitrogen and oxygen atoms in total. The summed E-state index contributed by atoms with van der Waals surface area (Å²) in [7, 11) is 0. The van der Waals surface area contributed by atoms with Gasteiger partial charge >= 0.3 is 0 Å². The molecule has 3 aromatic heterocycles. The van der Waals surface area contributed by atoms with Crippen molar-refractivity contribution in [2.24, 2.45) is 0 Å². The van der Waals surface area contributed by atoms with Crippen LogP contribution in [-0.4, -0.2) is 19.5 Å². The molecule has 0 bridgehead atoms. The maximum Gasteiger partial charge on any atom is 0.164 e. The molecule has 0 amide bonds. The first-order chi connectivity index (χ1) is 12.4. The zero-order valence-corrected chi connectivity index (χ0v) is 13.4. The number of hydrogen-bond acceptors (Lipinski definition) is 3. The van der Waals surface area contributed by atoms with E-state index in [9.17, 15) is 0 Å². The number of aromatic nitrogens is 4. The Hall–Kier alpha value is -3.53. The lowest BCUT2D eigenvalue weighted by atomic mass is 10.1. The molecular formula is C21H14N4. The van der Waals surface area contributed by atoms with Gasteiger partial charge in [0, 0.05) is 29.0 Å². The van der Waals surface area contributed by atoms with E-state index in [4.69, 9.17) is 4.98 Å². The summed E-state index contributed by atoms with van der Waals surface area (Å²) in [5, 5.41) is 1.10. The average molecular weight is 322 g/mol. The van der Waals surface area contributed by atoms with Crippen molar-refractivity contribution in [3.05, 3.63) is 85.2 Å². The van der Waals surface area contributed by atoms with Crippen LogP contribution < -0.4 is 0 Å². The molecule has 5 aromatic rings. The molecule has 4 heteroatoms. The zero-order chi connectivity index (χ0) is 16.6. The lowest BCUT2D eigenvalue weighted by Gasteiger charge is -2.10. The molecular weight excluding hydrogens is 308 g/mol. The Balaban J connectivity index is 1.91. The predicted octanol–water partition coefficient (Wildman–Crippen LogP) is 4.64. The minimum Gasteiger partial charge on any atom is -0.277 e. The van der Waals surface area contributed by atoms with Crippen molar-refractivity contribution in [2.75, 3.05) is 0 Å². The molecule has 0 fully saturated rings. The normalized spacial score (nSPS) is 11.2. The van der Waals surface area contributed by atoms with Gasteiger partial charge in [-0.05, 0) is 36.4 Å². The van der Waals surface area contributed by atoms with Gasteiger partial charge in [-0.2, -0.15) is 0 Å². The topological polar surface area (TPSA) is 43.6 Å². The summed E-state index contributed by atoms with van der Waals surface area (Å²) in [6, 6.07) is 24.3. The van der Waals surface area contributed by atoms with Crippen LogP contribution in [0.4, 0.5) is 0 Å². The van der Waals surface area contributed by atoms with Crippen LogP contribution in [0.25, 0.3) is 39.1 Å². The third-order valence-corrected chi connectivity index (χ3v) is 4.30. The molecule has 25 heavy (non-hydrogen) atoms. The van der Waals surface area contributed by atoms with Gasteiger partial charge in [0.25, 0.3) is 0 Å². The summed E-state index contributed by atoms with van der Waals surface area (Å²) in [5.74, 6) is 0.851. The van der Waals surface area contributed by atoms with Crippen LogP contribution in [0.1, 0.15) is 0 Å². The molecule has 0 spiro atoms. The second-order valence-electron chi connectivity index (χ2n) is 5.83. The summed E-state index contributed by atoms with van der Waals surface area (Å²) < 4.78 is 2.10. The minimum atomic E-state index is 0.844. The first kappa shape index (κ1) is 13.9. The highest BCUT2D eigenvalue weighted by molar-refractivity contribution is 5.94. The molecule has 0 N–H and O–H groups in total. The van der Waals surface area contributed by atoms with Crippen molar-refractivity contribution >= 4 is 22.1 Å². The van der Waals surface area contributed by atoms with E-state index in [0.717, 1.165) is 39.1 Å². The fraction of sp³-hybridized carbons (Fsp3) is 0. The number of pyridine rings is 2. The number of hydrogen-bond donors (Lipinski definition) is 0. The summed E-state index contributed by atoms with van der Waals surface area (Å²) >= 11 is 0. The molecule has 0 saturated carbocycles. The molecule has 0 aliphatic carbocycles. The van der Waals surface area contributed by atoms with Crippen LogP contribution >= 0.6 is 0 Å². The average Bonchev–Trinajstić information content (AvgIpc) is 3.07. The molecule has 0 saturated heterocycles. The largest absolute Gasteiger partial charge is 0.277 e. The Kier molecular flexibility index (Phi) is 3.07. The van der Waals surface area contributed by atoms with Crippen LogP contribution in [0.3, 0.4) is 0 Å². The summed E-state index contributed by atoms with van der Waals surface area (Å²) in [4.78, 5) is 14.0. The summed E-state index contributed by atoms with van der Waals surface area (Å²) in [6.45, 7) is 0. The lowest BCUT2D eigenvalue weighted by molar-refractivity contribution is 1.08. The second-order valence-corrected chi connectivity index (χ2v) is 5.83. The number of imidazole rings is 1. The van der Waals surface area contributed by atoms with Gasteiger partial charge in [0.2, 0.25) is 0 Å². The third-order valence-electron chi connectivity index (χ3n) is 4.30. The Morgan fingerprint density at radius 3 is 2.40 bits per heavy atom. The van der Waals surface area contributed by atoms with E-state index in [1.54, 1.807) is 6.20 Å². The van der Waals surface area contributed by atoms with Gasteiger partial charge in [-0.15, -0.1) is 0 Å². The molecule has 5 rings (SSSR count). The third kappa shape index (κ3) is 2.19. The molecule has 0 aliphatic rings. The van der Waals surface area contributed by atoms with Gasteiger partial charge in [-0.1, -0.05) is 36.4 Å². The zero-order valence-electron chi connectivity index (χ0n) is 13.4. The van der Waals surface area contributed by atoms with Gasteiger partial charge in [0.05, 0.1) is 5.52 Å². The number of fused-ring (bicyclic) bond motifs is 2. The molecule has 0 atom stereocenters. The highest BCUT2D eigenvalue weighted by Crippen LogP contribution is 2.31. The van der Waals surface area contributed by atoms with E-state index in [1.165, 1.54) is 0 Å². The van der Waals surface area contributed by atoms with E-state index >= 15 is 0 Å². The lowest BCUT2D eigenvalue weighted by Crippen LogP contribution is -1.99. The molecule has 2 aromatic carbocycles. The molecule has 0 aliphatic heterocycles. The number of para-hydroxylation sites is 2. The van der Waals surface area contributed by atoms with Crippen molar-refractivity contribution in [3.8, 4) is 17.1 Å². The van der Waals surface area contributed by atoms with Gasteiger partial charge in [0.1, 0.15) is 11.3 Å².